The number of hydrogen-bond donors (Lipinski definition) is 2. The Labute approximate surface area is 336 Å². The highest BCUT2D eigenvalue weighted by molar-refractivity contribution is 7.90. The summed E-state index contributed by atoms with van der Waals surface area (Å²) < 4.78 is 28.0. The van der Waals surface area contributed by atoms with Crippen molar-refractivity contribution >= 4 is 39.3 Å². The molecule has 6 aliphatic rings. The first kappa shape index (κ1) is 43.0. The number of hydrogen-bond acceptors (Lipinski definition) is 8. The van der Waals surface area contributed by atoms with E-state index in [2.05, 4.69) is 35.4 Å². The van der Waals surface area contributed by atoms with Gasteiger partial charge in [0.05, 0.1) is 28.3 Å². The second-order valence-electron chi connectivity index (χ2n) is 21.8. The van der Waals surface area contributed by atoms with Crippen LogP contribution in [-0.2, 0) is 34.0 Å². The van der Waals surface area contributed by atoms with E-state index in [4.69, 9.17) is 0 Å². The van der Waals surface area contributed by atoms with E-state index in [1.165, 1.54) is 0 Å². The minimum atomic E-state index is -3.82. The van der Waals surface area contributed by atoms with Crippen LogP contribution in [0, 0.1) is 44.3 Å². The van der Waals surface area contributed by atoms with Crippen LogP contribution < -0.4 is 10.0 Å². The molecule has 11 nitrogen and oxygen atoms in total. The van der Waals surface area contributed by atoms with Gasteiger partial charge in [0.15, 0.2) is 11.6 Å². The number of nitrogens with zero attached hydrogens (tertiary/aromatic N) is 2. The highest BCUT2D eigenvalue weighted by Crippen LogP contribution is 2.88. The Morgan fingerprint density at radius 3 is 1.93 bits per heavy atom. The topological polar surface area (TPSA) is 150 Å². The molecule has 2 saturated heterocycles. The minimum absolute atomic E-state index is 0.0278. The first-order valence-corrected chi connectivity index (χ1v) is 22.9. The molecule has 12 heteroatoms. The highest BCUT2D eigenvalue weighted by Gasteiger charge is 2.85. The predicted octanol–water partition coefficient (Wildman–Crippen LogP) is 5.96. The standard InChI is InChI=1S/C44H70N4O7S/c1-12-28-24-42(28,37(53)46-56(54,55)29-17-18-29)26-33(50)31-25-44(41(10,11)43(44)19-16-20-43)27-48(31)35(51)30(38(2,3)4)23-32(49)34(39(5,6)7)45-36(52)40(8,9)47-21-14-13-15-22-47/h12,28-31,34H,1,13-27H2,2-11H3,(H,45,52)(H,46,53)/t28-,30-,31+,34-,42-,44-/m1/s1. The SMILES string of the molecule is C=C[C@@H]1C[C@]1(CC(=O)[C@@H]1C[C@@]2(CN1C(=O)[C@@H](CC(=O)[C@@H](NC(=O)C(C)(C)N1CCCCC1)C(C)(C)C)C(C)(C)C)C(C)(C)C21CCC1)C(=O)NS(=O)(=O)C1CC1. The number of allylic oxidation sites excluding steroid dienone is 1. The molecule has 2 heterocycles. The van der Waals surface area contributed by atoms with E-state index in [0.29, 0.717) is 32.2 Å². The van der Waals surface area contributed by atoms with Crippen molar-refractivity contribution in [2.75, 3.05) is 19.6 Å². The van der Waals surface area contributed by atoms with Crippen LogP contribution >= 0.6 is 0 Å². The first-order valence-electron chi connectivity index (χ1n) is 21.3. The van der Waals surface area contributed by atoms with Crippen molar-refractivity contribution in [2.24, 2.45) is 44.3 Å². The monoisotopic (exact) mass is 798 g/mol. The van der Waals surface area contributed by atoms with Gasteiger partial charge in [-0.1, -0.05) is 74.3 Å². The second-order valence-corrected chi connectivity index (χ2v) is 23.8. The molecule has 2 aliphatic heterocycles. The number of piperidine rings is 1. The summed E-state index contributed by atoms with van der Waals surface area (Å²) in [5.74, 6) is -2.70. The van der Waals surface area contributed by atoms with E-state index >= 15 is 4.79 Å². The van der Waals surface area contributed by atoms with Crippen LogP contribution in [0.5, 0.6) is 0 Å². The fraction of sp³-hybridized carbons (Fsp3) is 0.841. The number of fused-ring (bicyclic) bond motifs is 1. The Hall–Kier alpha value is -2.60. The number of sulfonamides is 1. The number of carbonyl (C=O) groups is 5. The molecule has 0 aromatic carbocycles. The van der Waals surface area contributed by atoms with Gasteiger partial charge in [-0.05, 0) is 106 Å². The molecule has 0 radical (unpaired) electrons. The summed E-state index contributed by atoms with van der Waals surface area (Å²) in [4.78, 5) is 76.1. The average molecular weight is 799 g/mol. The van der Waals surface area contributed by atoms with Gasteiger partial charge >= 0.3 is 0 Å². The van der Waals surface area contributed by atoms with Gasteiger partial charge < -0.3 is 10.2 Å². The summed E-state index contributed by atoms with van der Waals surface area (Å²) in [6.07, 6.45) is 9.54. The van der Waals surface area contributed by atoms with Crippen molar-refractivity contribution in [3.05, 3.63) is 12.7 Å². The highest BCUT2D eigenvalue weighted by atomic mass is 32.2. The number of carbonyl (C=O) groups excluding carboxylic acids is 5. The Morgan fingerprint density at radius 1 is 0.857 bits per heavy atom. The lowest BCUT2D eigenvalue weighted by Crippen LogP contribution is -2.61. The van der Waals surface area contributed by atoms with Crippen LogP contribution in [0.4, 0.5) is 0 Å². The third-order valence-corrected chi connectivity index (χ3v) is 17.8. The van der Waals surface area contributed by atoms with Crippen molar-refractivity contribution in [1.82, 2.24) is 19.8 Å². The van der Waals surface area contributed by atoms with Crippen LogP contribution in [0.3, 0.4) is 0 Å². The van der Waals surface area contributed by atoms with Gasteiger partial charge in [-0.3, -0.25) is 33.6 Å². The van der Waals surface area contributed by atoms with Gasteiger partial charge in [0.25, 0.3) is 0 Å². The van der Waals surface area contributed by atoms with Gasteiger partial charge in [0.1, 0.15) is 0 Å². The van der Waals surface area contributed by atoms with Crippen molar-refractivity contribution < 1.29 is 32.4 Å². The summed E-state index contributed by atoms with van der Waals surface area (Å²) in [6.45, 7) is 25.9. The lowest BCUT2D eigenvalue weighted by Gasteiger charge is -2.42. The molecule has 0 bridgehead atoms. The maximum atomic E-state index is 15.2. The van der Waals surface area contributed by atoms with E-state index < -0.39 is 61.0 Å². The average Bonchev–Trinajstić information content (AvgIpc) is 4.02. The van der Waals surface area contributed by atoms with Crippen molar-refractivity contribution in [2.45, 2.75) is 169 Å². The van der Waals surface area contributed by atoms with Crippen molar-refractivity contribution in [3.8, 4) is 0 Å². The largest absolute Gasteiger partial charge is 0.344 e. The molecular weight excluding hydrogens is 729 g/mol. The Kier molecular flexibility index (Phi) is 10.8. The predicted molar refractivity (Wildman–Crippen MR) is 217 cm³/mol. The molecule has 0 unspecified atom stereocenters. The normalized spacial score (nSPS) is 30.9. The van der Waals surface area contributed by atoms with E-state index in [1.54, 1.807) is 11.0 Å². The summed E-state index contributed by atoms with van der Waals surface area (Å²) >= 11 is 0. The van der Waals surface area contributed by atoms with Crippen LogP contribution in [0.25, 0.3) is 0 Å². The molecule has 314 valence electrons. The zero-order chi connectivity index (χ0) is 41.7. The molecule has 2 N–H and O–H groups in total. The number of rotatable bonds is 14. The molecule has 0 aromatic rings. The second kappa shape index (κ2) is 14.0. The molecule has 6 fully saturated rings. The zero-order valence-electron chi connectivity index (χ0n) is 35.9. The summed E-state index contributed by atoms with van der Waals surface area (Å²) in [5, 5.41) is 2.55. The molecule has 2 spiro atoms. The fourth-order valence-corrected chi connectivity index (χ4v) is 12.8. The Balaban J connectivity index is 1.27. The molecule has 56 heavy (non-hydrogen) atoms. The number of Topliss-reactive ketones (excluding diaryl/α,β-unsaturated/α-hetero) is 2. The maximum Gasteiger partial charge on any atom is 0.240 e. The third-order valence-electron chi connectivity index (χ3n) is 15.9. The number of amides is 3. The van der Waals surface area contributed by atoms with Crippen LogP contribution in [0.15, 0.2) is 12.7 Å². The quantitative estimate of drug-likeness (QED) is 0.205. The summed E-state index contributed by atoms with van der Waals surface area (Å²) in [5.41, 5.74) is -3.66. The van der Waals surface area contributed by atoms with E-state index in [9.17, 15) is 27.6 Å². The van der Waals surface area contributed by atoms with Crippen molar-refractivity contribution in [3.63, 3.8) is 0 Å². The summed E-state index contributed by atoms with van der Waals surface area (Å²) in [7, 11) is -3.82. The molecule has 3 amide bonds. The maximum absolute atomic E-state index is 15.2. The van der Waals surface area contributed by atoms with Crippen LogP contribution in [0.2, 0.25) is 0 Å². The number of nitrogens with one attached hydrogen (secondary N) is 2. The zero-order valence-corrected chi connectivity index (χ0v) is 36.8. The van der Waals surface area contributed by atoms with Gasteiger partial charge in [-0.2, -0.15) is 0 Å². The molecule has 0 aromatic heterocycles. The Bertz CT molecular complexity index is 1760. The third kappa shape index (κ3) is 7.02. The fourth-order valence-electron chi connectivity index (χ4n) is 11.4. The molecule has 4 aliphatic carbocycles. The van der Waals surface area contributed by atoms with Crippen molar-refractivity contribution in [1.29, 1.82) is 0 Å². The molecule has 6 rings (SSSR count). The van der Waals surface area contributed by atoms with Gasteiger partial charge in [-0.25, -0.2) is 8.42 Å². The van der Waals surface area contributed by atoms with Gasteiger partial charge in [0, 0.05) is 30.7 Å². The van der Waals surface area contributed by atoms with Crippen LogP contribution in [-0.4, -0.2) is 90.0 Å². The van der Waals surface area contributed by atoms with Gasteiger partial charge in [-0.15, -0.1) is 6.58 Å². The molecule has 6 atom stereocenters. The van der Waals surface area contributed by atoms with E-state index in [1.807, 2.05) is 55.4 Å². The smallest absolute Gasteiger partial charge is 0.240 e. The number of ketones is 2. The lowest BCUT2D eigenvalue weighted by molar-refractivity contribution is -0.147. The minimum Gasteiger partial charge on any atom is -0.344 e. The first-order chi connectivity index (χ1) is 25.7. The van der Waals surface area contributed by atoms with E-state index in [-0.39, 0.29) is 58.4 Å². The molecular formula is C44H70N4O7S. The number of likely N-dealkylation sites (tertiary alicyclic amines) is 2. The van der Waals surface area contributed by atoms with E-state index in [0.717, 1.165) is 51.6 Å². The Morgan fingerprint density at radius 2 is 1.46 bits per heavy atom. The summed E-state index contributed by atoms with van der Waals surface area (Å²) in [6, 6.07) is -1.64. The molecule has 4 saturated carbocycles. The van der Waals surface area contributed by atoms with Crippen LogP contribution in [0.1, 0.15) is 146 Å². The lowest BCUT2D eigenvalue weighted by atomic mass is 9.73. The van der Waals surface area contributed by atoms with Gasteiger partial charge in [0.2, 0.25) is 27.7 Å².